The standard InChI is InChI=1S/C29H39NO2/c1-9-31-22(6)18-23(7)32-30-28-12-10-11-25(15-19(2)3)26(28)13-14-29(30)27-17-20(4)16-21(5)24(27)8/h9-14,16-17,19,22-23,29H,1,15,18H2,2-8H3. The molecule has 0 saturated heterocycles. The lowest BCUT2D eigenvalue weighted by Crippen LogP contribution is -2.35. The van der Waals surface area contributed by atoms with Gasteiger partial charge in [0.1, 0.15) is 6.04 Å². The number of ether oxygens (including phenoxy) is 1. The Hall–Kier alpha value is -2.52. The van der Waals surface area contributed by atoms with Gasteiger partial charge in [-0.2, -0.15) is 0 Å². The van der Waals surface area contributed by atoms with Crippen LogP contribution >= 0.6 is 0 Å². The molecule has 1 heterocycles. The van der Waals surface area contributed by atoms with Crippen molar-refractivity contribution in [2.45, 2.75) is 79.6 Å². The topological polar surface area (TPSA) is 21.7 Å². The number of nitrogens with zero attached hydrogens (tertiary/aromatic N) is 1. The molecule has 3 rings (SSSR count). The molecule has 2 aromatic carbocycles. The van der Waals surface area contributed by atoms with Gasteiger partial charge in [-0.25, -0.2) is 5.06 Å². The summed E-state index contributed by atoms with van der Waals surface area (Å²) in [5.41, 5.74) is 8.97. The number of hydrogen-bond acceptors (Lipinski definition) is 3. The zero-order chi connectivity index (χ0) is 23.4. The Morgan fingerprint density at radius 2 is 1.81 bits per heavy atom. The third-order valence-corrected chi connectivity index (χ3v) is 6.19. The van der Waals surface area contributed by atoms with Crippen molar-refractivity contribution in [3.05, 3.63) is 82.6 Å². The van der Waals surface area contributed by atoms with Crippen LogP contribution in [0.4, 0.5) is 5.69 Å². The first-order valence-corrected chi connectivity index (χ1v) is 11.8. The van der Waals surface area contributed by atoms with Gasteiger partial charge >= 0.3 is 0 Å². The molecule has 0 N–H and O–H groups in total. The molecule has 0 saturated carbocycles. The number of aryl methyl sites for hydroxylation is 2. The second-order valence-corrected chi connectivity index (χ2v) is 9.64. The predicted octanol–water partition coefficient (Wildman–Crippen LogP) is 7.64. The van der Waals surface area contributed by atoms with Gasteiger partial charge in [0, 0.05) is 12.0 Å². The second-order valence-electron chi connectivity index (χ2n) is 9.64. The highest BCUT2D eigenvalue weighted by Crippen LogP contribution is 2.41. The molecule has 32 heavy (non-hydrogen) atoms. The van der Waals surface area contributed by atoms with Crippen LogP contribution in [0.3, 0.4) is 0 Å². The minimum absolute atomic E-state index is 0.00762. The van der Waals surface area contributed by atoms with Gasteiger partial charge in [0.25, 0.3) is 0 Å². The highest BCUT2D eigenvalue weighted by atomic mass is 16.7. The molecule has 0 amide bonds. The molecule has 0 bridgehead atoms. The summed E-state index contributed by atoms with van der Waals surface area (Å²) in [6.45, 7) is 19.0. The Morgan fingerprint density at radius 3 is 2.50 bits per heavy atom. The molecular formula is C29H39NO2. The molecular weight excluding hydrogens is 394 g/mol. The van der Waals surface area contributed by atoms with Crippen molar-refractivity contribution in [2.24, 2.45) is 5.92 Å². The van der Waals surface area contributed by atoms with Crippen LogP contribution in [0.2, 0.25) is 0 Å². The smallest absolute Gasteiger partial charge is 0.100 e. The number of benzene rings is 2. The molecule has 0 spiro atoms. The largest absolute Gasteiger partial charge is 0.499 e. The molecule has 0 radical (unpaired) electrons. The summed E-state index contributed by atoms with van der Waals surface area (Å²) in [6.07, 6.45) is 7.98. The van der Waals surface area contributed by atoms with E-state index in [1.807, 2.05) is 0 Å². The van der Waals surface area contributed by atoms with Gasteiger partial charge in [-0.1, -0.05) is 62.4 Å². The van der Waals surface area contributed by atoms with Gasteiger partial charge in [0.05, 0.1) is 24.2 Å². The molecule has 0 aliphatic carbocycles. The minimum atomic E-state index is -0.00762. The fraction of sp³-hybridized carbons (Fsp3) is 0.448. The summed E-state index contributed by atoms with van der Waals surface area (Å²) in [5.74, 6) is 0.597. The summed E-state index contributed by atoms with van der Waals surface area (Å²) in [7, 11) is 0. The Labute approximate surface area is 194 Å². The molecule has 172 valence electrons. The monoisotopic (exact) mass is 433 g/mol. The van der Waals surface area contributed by atoms with E-state index in [1.54, 1.807) is 0 Å². The summed E-state index contributed by atoms with van der Waals surface area (Å²) >= 11 is 0. The summed E-state index contributed by atoms with van der Waals surface area (Å²) < 4.78 is 5.55. The normalized spacial score (nSPS) is 17.2. The van der Waals surface area contributed by atoms with E-state index in [2.05, 4.69) is 103 Å². The average Bonchev–Trinajstić information content (AvgIpc) is 2.71. The molecule has 0 fully saturated rings. The van der Waals surface area contributed by atoms with Crippen LogP contribution < -0.4 is 5.06 Å². The van der Waals surface area contributed by atoms with Crippen molar-refractivity contribution in [3.63, 3.8) is 0 Å². The van der Waals surface area contributed by atoms with E-state index in [9.17, 15) is 0 Å². The zero-order valence-electron chi connectivity index (χ0n) is 20.8. The van der Waals surface area contributed by atoms with E-state index < -0.39 is 0 Å². The van der Waals surface area contributed by atoms with Gasteiger partial charge in [-0.05, 0) is 75.3 Å². The van der Waals surface area contributed by atoms with Crippen LogP contribution in [-0.4, -0.2) is 12.2 Å². The van der Waals surface area contributed by atoms with Crippen LogP contribution in [0.25, 0.3) is 6.08 Å². The lowest BCUT2D eigenvalue weighted by Gasteiger charge is -2.38. The van der Waals surface area contributed by atoms with Crippen molar-refractivity contribution in [3.8, 4) is 0 Å². The highest BCUT2D eigenvalue weighted by Gasteiger charge is 2.29. The first-order chi connectivity index (χ1) is 15.2. The van der Waals surface area contributed by atoms with E-state index >= 15 is 0 Å². The summed E-state index contributed by atoms with van der Waals surface area (Å²) in [5, 5.41) is 2.13. The summed E-state index contributed by atoms with van der Waals surface area (Å²) in [6, 6.07) is 11.2. The lowest BCUT2D eigenvalue weighted by atomic mass is 9.89. The molecule has 3 unspecified atom stereocenters. The maximum atomic E-state index is 6.66. The van der Waals surface area contributed by atoms with E-state index in [0.29, 0.717) is 5.92 Å². The third-order valence-electron chi connectivity index (χ3n) is 6.19. The maximum Gasteiger partial charge on any atom is 0.100 e. The van der Waals surface area contributed by atoms with Crippen molar-refractivity contribution in [2.75, 3.05) is 5.06 Å². The maximum absolute atomic E-state index is 6.66. The minimum Gasteiger partial charge on any atom is -0.499 e. The summed E-state index contributed by atoms with van der Waals surface area (Å²) in [4.78, 5) is 6.66. The van der Waals surface area contributed by atoms with Crippen LogP contribution in [0, 0.1) is 26.7 Å². The Morgan fingerprint density at radius 1 is 1.06 bits per heavy atom. The fourth-order valence-corrected chi connectivity index (χ4v) is 4.67. The highest BCUT2D eigenvalue weighted by molar-refractivity contribution is 5.75. The van der Waals surface area contributed by atoms with Crippen molar-refractivity contribution in [1.29, 1.82) is 0 Å². The van der Waals surface area contributed by atoms with E-state index in [0.717, 1.165) is 18.5 Å². The molecule has 3 heteroatoms. The molecule has 1 aliphatic rings. The SMILES string of the molecule is C=COC(C)CC(C)ON1c2cccc(CC(C)C)c2C=CC1c1cc(C)cc(C)c1C. The zero-order valence-corrected chi connectivity index (χ0v) is 20.8. The van der Waals surface area contributed by atoms with Crippen molar-refractivity contribution < 1.29 is 9.57 Å². The molecule has 1 aliphatic heterocycles. The number of rotatable bonds is 9. The van der Waals surface area contributed by atoms with Gasteiger partial charge in [0.2, 0.25) is 0 Å². The van der Waals surface area contributed by atoms with E-state index in [1.165, 1.54) is 39.6 Å². The molecule has 0 aromatic heterocycles. The Kier molecular flexibility index (Phi) is 7.84. The van der Waals surface area contributed by atoms with Gasteiger partial charge in [-0.15, -0.1) is 0 Å². The van der Waals surface area contributed by atoms with Gasteiger partial charge in [-0.3, -0.25) is 4.84 Å². The molecule has 2 aromatic rings. The number of anilines is 1. The Balaban J connectivity index is 2.04. The lowest BCUT2D eigenvalue weighted by molar-refractivity contribution is 0.00169. The Bertz CT molecular complexity index is 975. The van der Waals surface area contributed by atoms with Crippen LogP contribution in [0.5, 0.6) is 0 Å². The first kappa shape index (κ1) is 24.1. The van der Waals surface area contributed by atoms with Crippen LogP contribution in [0.1, 0.15) is 73.5 Å². The molecule has 3 atom stereocenters. The van der Waals surface area contributed by atoms with E-state index in [-0.39, 0.29) is 18.2 Å². The van der Waals surface area contributed by atoms with Crippen molar-refractivity contribution >= 4 is 11.8 Å². The van der Waals surface area contributed by atoms with E-state index in [4.69, 9.17) is 9.57 Å². The quantitative estimate of drug-likeness (QED) is 0.379. The van der Waals surface area contributed by atoms with Crippen LogP contribution in [0.15, 0.2) is 49.2 Å². The van der Waals surface area contributed by atoms with Gasteiger partial charge < -0.3 is 4.74 Å². The average molecular weight is 434 g/mol. The fourth-order valence-electron chi connectivity index (χ4n) is 4.67. The number of fused-ring (bicyclic) bond motifs is 1. The van der Waals surface area contributed by atoms with Crippen LogP contribution in [-0.2, 0) is 16.0 Å². The van der Waals surface area contributed by atoms with Gasteiger partial charge in [0.15, 0.2) is 0 Å². The number of hydroxylamine groups is 1. The number of hydrogen-bond donors (Lipinski definition) is 0. The van der Waals surface area contributed by atoms with Crippen molar-refractivity contribution in [1.82, 2.24) is 0 Å². The predicted molar refractivity (Wildman–Crippen MR) is 136 cm³/mol. The second kappa shape index (κ2) is 10.4. The third kappa shape index (κ3) is 5.45. The molecule has 3 nitrogen and oxygen atoms in total. The first-order valence-electron chi connectivity index (χ1n) is 11.8.